The van der Waals surface area contributed by atoms with E-state index in [0.29, 0.717) is 6.54 Å². The minimum Gasteiger partial charge on any atom is -0.352 e. The smallest absolute Gasteiger partial charge is 0.251 e. The number of hydrogen-bond acceptors (Lipinski definition) is 6. The van der Waals surface area contributed by atoms with E-state index in [1.165, 1.54) is 37.5 Å². The predicted molar refractivity (Wildman–Crippen MR) is 133 cm³/mol. The molecule has 2 aromatic carbocycles. The Bertz CT molecular complexity index is 1070. The molecule has 0 bridgehead atoms. The van der Waals surface area contributed by atoms with Gasteiger partial charge in [-0.05, 0) is 63.2 Å². The minimum absolute atomic E-state index is 0. The molecule has 1 fully saturated rings. The summed E-state index contributed by atoms with van der Waals surface area (Å²) in [6, 6.07) is 12.6. The van der Waals surface area contributed by atoms with Crippen LogP contribution in [-0.4, -0.2) is 60.3 Å². The van der Waals surface area contributed by atoms with Gasteiger partial charge in [-0.3, -0.25) is 13.9 Å². The van der Waals surface area contributed by atoms with Gasteiger partial charge in [0.25, 0.3) is 5.91 Å². The number of sulfone groups is 1. The number of rotatable bonds is 7. The highest BCUT2D eigenvalue weighted by Crippen LogP contribution is 2.62. The molecular weight excluding hydrogens is 484 g/mol. The van der Waals surface area contributed by atoms with Crippen molar-refractivity contribution in [1.82, 2.24) is 10.2 Å². The third kappa shape index (κ3) is 5.55. The highest BCUT2D eigenvalue weighted by Gasteiger charge is 2.45. The second-order valence-electron chi connectivity index (χ2n) is 8.41. The Morgan fingerprint density at radius 1 is 1.03 bits per heavy atom. The van der Waals surface area contributed by atoms with Crippen LogP contribution in [0.2, 0.25) is 0 Å². The fraction of sp³-hybridized carbons (Fsp3) is 0.435. The Morgan fingerprint density at radius 3 is 2.42 bits per heavy atom. The molecule has 7 nitrogen and oxygen atoms in total. The summed E-state index contributed by atoms with van der Waals surface area (Å²) in [5.41, 5.74) is 0.410. The van der Waals surface area contributed by atoms with Gasteiger partial charge in [-0.25, -0.2) is 8.42 Å². The first-order valence-corrected chi connectivity index (χ1v) is 14.3. The van der Waals surface area contributed by atoms with Crippen LogP contribution < -0.4 is 5.32 Å². The van der Waals surface area contributed by atoms with E-state index in [1.54, 1.807) is 30.3 Å². The predicted octanol–water partition coefficient (Wildman–Crippen LogP) is 4.35. The quantitative estimate of drug-likeness (QED) is 0.474. The summed E-state index contributed by atoms with van der Waals surface area (Å²) < 4.78 is 48.0. The lowest BCUT2D eigenvalue weighted by Crippen LogP contribution is -2.33. The molecule has 0 spiro atoms. The number of piperidine rings is 1. The molecule has 0 aromatic heterocycles. The summed E-state index contributed by atoms with van der Waals surface area (Å²) in [6.45, 7) is 3.58. The largest absolute Gasteiger partial charge is 0.352 e. The van der Waals surface area contributed by atoms with Gasteiger partial charge in [0.1, 0.15) is 5.25 Å². The van der Waals surface area contributed by atoms with Crippen molar-refractivity contribution >= 4 is 38.7 Å². The van der Waals surface area contributed by atoms with Crippen LogP contribution >= 0.6 is 23.0 Å². The lowest BCUT2D eigenvalue weighted by molar-refractivity contribution is 0.0950. The molecule has 2 heterocycles. The standard InChI is InChI=1S/C23H30N2O5S2.ClH/c26-23(24-13-8-16-25-14-5-2-6-15-25)19-11-7-12-20-22(19)21(17-31(20,27)28)32(29,30)18-9-3-1-4-10-18;/h1,3-4,7,9-12,21,27-28H,2,5-6,8,13-17H2,(H,24,26);1H. The van der Waals surface area contributed by atoms with Crippen molar-refractivity contribution in [2.45, 2.75) is 40.7 Å². The average Bonchev–Trinajstić information content (AvgIpc) is 3.09. The fourth-order valence-electron chi connectivity index (χ4n) is 4.55. The third-order valence-corrected chi connectivity index (χ3v) is 10.4. The van der Waals surface area contributed by atoms with E-state index in [2.05, 4.69) is 10.2 Å². The molecule has 1 atom stereocenters. The number of nitrogens with one attached hydrogen (secondary N) is 1. The first kappa shape index (κ1) is 26.0. The maximum Gasteiger partial charge on any atom is 0.251 e. The van der Waals surface area contributed by atoms with Gasteiger partial charge in [-0.2, -0.15) is 10.6 Å². The van der Waals surface area contributed by atoms with Gasteiger partial charge in [0, 0.05) is 17.7 Å². The number of halogens is 1. The molecule has 2 aliphatic rings. The second kappa shape index (κ2) is 10.8. The lowest BCUT2D eigenvalue weighted by Gasteiger charge is -2.27. The molecule has 2 aliphatic heterocycles. The Morgan fingerprint density at radius 2 is 1.73 bits per heavy atom. The number of likely N-dealkylation sites (tertiary alicyclic amines) is 1. The molecule has 1 saturated heterocycles. The summed E-state index contributed by atoms with van der Waals surface area (Å²) in [5.74, 6) is -0.718. The van der Waals surface area contributed by atoms with Crippen LogP contribution in [0.5, 0.6) is 0 Å². The molecule has 0 aliphatic carbocycles. The third-order valence-electron chi connectivity index (χ3n) is 6.20. The van der Waals surface area contributed by atoms with Crippen LogP contribution in [0, 0.1) is 0 Å². The Kier molecular flexibility index (Phi) is 8.47. The van der Waals surface area contributed by atoms with E-state index in [9.17, 15) is 22.3 Å². The summed E-state index contributed by atoms with van der Waals surface area (Å²) in [6.07, 6.45) is 4.51. The second-order valence-corrected chi connectivity index (χ2v) is 12.6. The maximum absolute atomic E-state index is 13.3. The number of carbonyl (C=O) groups excluding carboxylic acids is 1. The number of nitrogens with zero attached hydrogens (tertiary/aromatic N) is 1. The summed E-state index contributed by atoms with van der Waals surface area (Å²) in [4.78, 5) is 15.7. The molecule has 4 rings (SSSR count). The highest BCUT2D eigenvalue weighted by atomic mass is 35.5. The first-order valence-electron chi connectivity index (χ1n) is 11.0. The molecule has 3 N–H and O–H groups in total. The molecule has 33 heavy (non-hydrogen) atoms. The van der Waals surface area contributed by atoms with Crippen molar-refractivity contribution in [3.05, 3.63) is 59.7 Å². The highest BCUT2D eigenvalue weighted by molar-refractivity contribution is 8.25. The molecule has 182 valence electrons. The fourth-order valence-corrected chi connectivity index (χ4v) is 9.00. The van der Waals surface area contributed by atoms with Crippen LogP contribution in [0.3, 0.4) is 0 Å². The van der Waals surface area contributed by atoms with Crippen molar-refractivity contribution in [3.63, 3.8) is 0 Å². The van der Waals surface area contributed by atoms with Crippen molar-refractivity contribution in [2.75, 3.05) is 31.9 Å². The number of benzene rings is 2. The zero-order chi connectivity index (χ0) is 22.8. The van der Waals surface area contributed by atoms with E-state index in [4.69, 9.17) is 0 Å². The zero-order valence-electron chi connectivity index (χ0n) is 18.4. The molecule has 0 saturated carbocycles. The van der Waals surface area contributed by atoms with Crippen molar-refractivity contribution in [3.8, 4) is 0 Å². The van der Waals surface area contributed by atoms with Crippen LogP contribution in [0.4, 0.5) is 0 Å². The van der Waals surface area contributed by atoms with Crippen LogP contribution in [0.15, 0.2) is 58.3 Å². The number of carbonyl (C=O) groups is 1. The van der Waals surface area contributed by atoms with Crippen molar-refractivity contribution in [1.29, 1.82) is 0 Å². The van der Waals surface area contributed by atoms with E-state index in [0.717, 1.165) is 26.1 Å². The molecule has 10 heteroatoms. The van der Waals surface area contributed by atoms with E-state index >= 15 is 0 Å². The van der Waals surface area contributed by atoms with Crippen LogP contribution in [-0.2, 0) is 9.84 Å². The summed E-state index contributed by atoms with van der Waals surface area (Å²) in [7, 11) is -7.21. The normalized spacial score (nSPS) is 21.0. The van der Waals surface area contributed by atoms with Crippen molar-refractivity contribution < 1.29 is 22.3 Å². The van der Waals surface area contributed by atoms with E-state index in [1.807, 2.05) is 0 Å². The zero-order valence-corrected chi connectivity index (χ0v) is 20.8. The van der Waals surface area contributed by atoms with Gasteiger partial charge >= 0.3 is 0 Å². The first-order chi connectivity index (χ1) is 15.3. The monoisotopic (exact) mass is 514 g/mol. The van der Waals surface area contributed by atoms with Gasteiger partial charge in [0.05, 0.1) is 15.5 Å². The van der Waals surface area contributed by atoms with Crippen LogP contribution in [0.25, 0.3) is 0 Å². The van der Waals surface area contributed by atoms with Gasteiger partial charge in [-0.1, -0.05) is 30.7 Å². The Hall–Kier alpha value is -1.62. The Balaban J connectivity index is 0.00000306. The van der Waals surface area contributed by atoms with Gasteiger partial charge in [0.2, 0.25) is 0 Å². The number of amides is 1. The summed E-state index contributed by atoms with van der Waals surface area (Å²) in [5, 5.41) is 1.71. The topological polar surface area (TPSA) is 107 Å². The lowest BCUT2D eigenvalue weighted by atomic mass is 10.0. The van der Waals surface area contributed by atoms with Gasteiger partial charge in [-0.15, -0.1) is 12.4 Å². The number of fused-ring (bicyclic) bond motifs is 1. The van der Waals surface area contributed by atoms with Crippen LogP contribution in [0.1, 0.15) is 46.9 Å². The molecule has 2 aromatic rings. The maximum atomic E-state index is 13.3. The SMILES string of the molecule is Cl.O=C(NCCCN1CCCCC1)c1cccc2c1C(S(=O)(=O)c1ccccc1)CS2(O)O. The van der Waals surface area contributed by atoms with Gasteiger partial charge in [0.15, 0.2) is 9.84 Å². The number of hydrogen-bond donors (Lipinski definition) is 3. The van der Waals surface area contributed by atoms with E-state index in [-0.39, 0.29) is 45.0 Å². The van der Waals surface area contributed by atoms with E-state index < -0.39 is 25.7 Å². The summed E-state index contributed by atoms with van der Waals surface area (Å²) >= 11 is 0. The molecule has 0 radical (unpaired) electrons. The Labute approximate surface area is 203 Å². The molecule has 1 amide bonds. The van der Waals surface area contributed by atoms with Gasteiger partial charge < -0.3 is 10.2 Å². The average molecular weight is 515 g/mol. The molecule has 1 unspecified atom stereocenters. The minimum atomic E-state index is -3.90. The van der Waals surface area contributed by atoms with Crippen molar-refractivity contribution in [2.24, 2.45) is 0 Å². The molecular formula is C23H31ClN2O5S2.